The minimum Gasteiger partial charge on any atom is -0.488 e. The average molecular weight is 363 g/mol. The summed E-state index contributed by atoms with van der Waals surface area (Å²) in [5, 5.41) is 4.31. The zero-order chi connectivity index (χ0) is 19.4. The Hall–Kier alpha value is -3.08. The van der Waals surface area contributed by atoms with Gasteiger partial charge in [0.2, 0.25) is 0 Å². The molecule has 0 aliphatic rings. The fourth-order valence-corrected chi connectivity index (χ4v) is 3.01. The van der Waals surface area contributed by atoms with Crippen molar-refractivity contribution in [3.8, 4) is 5.75 Å². The van der Waals surface area contributed by atoms with Crippen molar-refractivity contribution in [3.05, 3.63) is 82.7 Å². The largest absolute Gasteiger partial charge is 0.488 e. The molecule has 0 spiro atoms. The molecule has 0 bridgehead atoms. The zero-order valence-electron chi connectivity index (χ0n) is 16.3. The molecule has 0 saturated heterocycles. The molecule has 0 atom stereocenters. The molecule has 3 aromatic rings. The number of amides is 1. The number of hydrogen-bond donors (Lipinski definition) is 0. The van der Waals surface area contributed by atoms with Gasteiger partial charge in [-0.05, 0) is 48.7 Å². The van der Waals surface area contributed by atoms with E-state index in [0.717, 1.165) is 28.1 Å². The summed E-state index contributed by atoms with van der Waals surface area (Å²) in [6.45, 7) is 5.05. The Bertz CT molecular complexity index is 909. The molecule has 2 aromatic carbocycles. The van der Waals surface area contributed by atoms with Crippen molar-refractivity contribution in [1.29, 1.82) is 0 Å². The van der Waals surface area contributed by atoms with Crippen LogP contribution in [0.5, 0.6) is 5.75 Å². The lowest BCUT2D eigenvalue weighted by Gasteiger charge is -2.16. The Morgan fingerprint density at radius 1 is 1.07 bits per heavy atom. The summed E-state index contributed by atoms with van der Waals surface area (Å²) in [5.41, 5.74) is 4.80. The Morgan fingerprint density at radius 2 is 1.74 bits per heavy atom. The highest BCUT2D eigenvalue weighted by Crippen LogP contribution is 2.23. The summed E-state index contributed by atoms with van der Waals surface area (Å²) in [6.07, 6.45) is 1.87. The number of nitrogens with zero attached hydrogens (tertiary/aromatic N) is 3. The van der Waals surface area contributed by atoms with E-state index in [1.807, 2.05) is 75.6 Å². The van der Waals surface area contributed by atoms with E-state index in [-0.39, 0.29) is 5.91 Å². The summed E-state index contributed by atoms with van der Waals surface area (Å²) < 4.78 is 7.71. The fourth-order valence-electron chi connectivity index (χ4n) is 3.01. The fraction of sp³-hybridized carbons (Fsp3) is 0.273. The molecule has 0 aliphatic carbocycles. The van der Waals surface area contributed by atoms with Gasteiger partial charge in [0.15, 0.2) is 0 Å². The molecule has 5 heteroatoms. The van der Waals surface area contributed by atoms with Crippen LogP contribution in [0.1, 0.15) is 32.7 Å². The second kappa shape index (κ2) is 8.08. The number of aromatic nitrogens is 2. The monoisotopic (exact) mass is 363 g/mol. The molecule has 27 heavy (non-hydrogen) atoms. The average Bonchev–Trinajstić information content (AvgIpc) is 3.06. The molecule has 1 amide bonds. The van der Waals surface area contributed by atoms with Gasteiger partial charge >= 0.3 is 0 Å². The highest BCUT2D eigenvalue weighted by atomic mass is 16.5. The normalized spacial score (nSPS) is 10.7. The number of aryl methyl sites for hydroxylation is 3. The minimum absolute atomic E-state index is 0.0251. The second-order valence-corrected chi connectivity index (χ2v) is 6.85. The third kappa shape index (κ3) is 4.56. The molecule has 0 unspecified atom stereocenters. The van der Waals surface area contributed by atoms with Crippen molar-refractivity contribution in [3.63, 3.8) is 0 Å². The van der Waals surface area contributed by atoms with Gasteiger partial charge < -0.3 is 9.64 Å². The van der Waals surface area contributed by atoms with Crippen LogP contribution in [0, 0.1) is 13.8 Å². The van der Waals surface area contributed by atoms with Gasteiger partial charge in [-0.3, -0.25) is 9.48 Å². The summed E-state index contributed by atoms with van der Waals surface area (Å²) in [4.78, 5) is 14.3. The first-order valence-electron chi connectivity index (χ1n) is 8.96. The van der Waals surface area contributed by atoms with Crippen molar-refractivity contribution in [1.82, 2.24) is 14.7 Å². The van der Waals surface area contributed by atoms with Crippen LogP contribution in [0.15, 0.2) is 54.7 Å². The summed E-state index contributed by atoms with van der Waals surface area (Å²) in [7, 11) is 3.65. The maximum atomic E-state index is 12.6. The van der Waals surface area contributed by atoms with Crippen LogP contribution in [0.2, 0.25) is 0 Å². The maximum absolute atomic E-state index is 12.6. The van der Waals surface area contributed by atoms with Gasteiger partial charge in [-0.1, -0.05) is 30.3 Å². The molecule has 0 radical (unpaired) electrons. The van der Waals surface area contributed by atoms with Crippen LogP contribution in [0.4, 0.5) is 0 Å². The van der Waals surface area contributed by atoms with Crippen LogP contribution >= 0.6 is 0 Å². The van der Waals surface area contributed by atoms with E-state index in [9.17, 15) is 4.79 Å². The number of para-hydroxylation sites is 1. The van der Waals surface area contributed by atoms with E-state index >= 15 is 0 Å². The van der Waals surface area contributed by atoms with E-state index in [1.165, 1.54) is 0 Å². The van der Waals surface area contributed by atoms with Crippen molar-refractivity contribution < 1.29 is 9.53 Å². The van der Waals surface area contributed by atoms with Gasteiger partial charge in [0.05, 0.1) is 12.2 Å². The van der Waals surface area contributed by atoms with Crippen LogP contribution < -0.4 is 4.74 Å². The number of rotatable bonds is 6. The predicted molar refractivity (Wildman–Crippen MR) is 106 cm³/mol. The van der Waals surface area contributed by atoms with E-state index in [4.69, 9.17) is 4.74 Å². The Morgan fingerprint density at radius 3 is 2.33 bits per heavy atom. The van der Waals surface area contributed by atoms with E-state index in [0.29, 0.717) is 18.7 Å². The summed E-state index contributed by atoms with van der Waals surface area (Å²) >= 11 is 0. The topological polar surface area (TPSA) is 47.4 Å². The highest BCUT2D eigenvalue weighted by Gasteiger charge is 2.13. The van der Waals surface area contributed by atoms with Crippen LogP contribution in [0.25, 0.3) is 0 Å². The zero-order valence-corrected chi connectivity index (χ0v) is 16.3. The van der Waals surface area contributed by atoms with Crippen LogP contribution in [-0.4, -0.2) is 27.6 Å². The number of ether oxygens (including phenoxy) is 1. The molecule has 3 rings (SSSR count). The van der Waals surface area contributed by atoms with Crippen molar-refractivity contribution in [2.24, 2.45) is 7.05 Å². The number of benzene rings is 2. The molecule has 1 aromatic heterocycles. The van der Waals surface area contributed by atoms with E-state index < -0.39 is 0 Å². The minimum atomic E-state index is -0.0251. The smallest absolute Gasteiger partial charge is 0.253 e. The summed E-state index contributed by atoms with van der Waals surface area (Å²) in [6, 6.07) is 15.6. The molecular formula is C22H25N3O2. The first kappa shape index (κ1) is 18.7. The summed E-state index contributed by atoms with van der Waals surface area (Å²) in [5.74, 6) is 0.899. The molecule has 1 heterocycles. The van der Waals surface area contributed by atoms with Gasteiger partial charge in [-0.2, -0.15) is 5.10 Å². The van der Waals surface area contributed by atoms with Gasteiger partial charge in [0.25, 0.3) is 5.91 Å². The van der Waals surface area contributed by atoms with E-state index in [1.54, 1.807) is 16.6 Å². The predicted octanol–water partition coefficient (Wildman–Crippen LogP) is 3.89. The molecule has 140 valence electrons. The van der Waals surface area contributed by atoms with Gasteiger partial charge in [0, 0.05) is 25.9 Å². The Labute approximate surface area is 160 Å². The molecule has 5 nitrogen and oxygen atoms in total. The van der Waals surface area contributed by atoms with Crippen LogP contribution in [0.3, 0.4) is 0 Å². The third-order valence-corrected chi connectivity index (χ3v) is 4.51. The molecule has 0 aliphatic heterocycles. The van der Waals surface area contributed by atoms with Crippen LogP contribution in [-0.2, 0) is 20.2 Å². The first-order valence-corrected chi connectivity index (χ1v) is 8.96. The maximum Gasteiger partial charge on any atom is 0.253 e. The van der Waals surface area contributed by atoms with Crippen molar-refractivity contribution >= 4 is 5.91 Å². The Balaban J connectivity index is 1.61. The second-order valence-electron chi connectivity index (χ2n) is 6.85. The first-order chi connectivity index (χ1) is 12.9. The molecule has 0 saturated carbocycles. The number of carbonyl (C=O) groups excluding carboxylic acids is 1. The lowest BCUT2D eigenvalue weighted by atomic mass is 10.1. The standard InChI is InChI=1S/C22H25N3O2/c1-16-6-5-7-17(2)21(16)27-15-18-8-10-19(11-9-18)22(26)24(3)14-20-12-13-25(4)23-20/h5-13H,14-15H2,1-4H3. The van der Waals surface area contributed by atoms with Gasteiger partial charge in [-0.25, -0.2) is 0 Å². The SMILES string of the molecule is Cc1cccc(C)c1OCc1ccc(C(=O)N(C)Cc2ccn(C)n2)cc1. The number of hydrogen-bond acceptors (Lipinski definition) is 3. The van der Waals surface area contributed by atoms with Gasteiger partial charge in [0.1, 0.15) is 12.4 Å². The van der Waals surface area contributed by atoms with Crippen molar-refractivity contribution in [2.45, 2.75) is 27.0 Å². The van der Waals surface area contributed by atoms with E-state index in [2.05, 4.69) is 5.10 Å². The number of carbonyl (C=O) groups is 1. The third-order valence-electron chi connectivity index (χ3n) is 4.51. The highest BCUT2D eigenvalue weighted by molar-refractivity contribution is 5.94. The van der Waals surface area contributed by atoms with Gasteiger partial charge in [-0.15, -0.1) is 0 Å². The lowest BCUT2D eigenvalue weighted by Crippen LogP contribution is -2.26. The lowest BCUT2D eigenvalue weighted by molar-refractivity contribution is 0.0783. The molecule has 0 N–H and O–H groups in total. The Kier molecular flexibility index (Phi) is 5.60. The molecular weight excluding hydrogens is 338 g/mol. The quantitative estimate of drug-likeness (QED) is 0.668. The van der Waals surface area contributed by atoms with Crippen molar-refractivity contribution in [2.75, 3.05) is 7.05 Å². The molecule has 0 fully saturated rings.